The van der Waals surface area contributed by atoms with Crippen LogP contribution in [-0.2, 0) is 14.3 Å². The normalized spacial score (nSPS) is 15.3. The molecule has 6 heteroatoms. The van der Waals surface area contributed by atoms with E-state index >= 15 is 0 Å². The lowest BCUT2D eigenvalue weighted by Crippen LogP contribution is -2.45. The maximum Gasteiger partial charge on any atom is 0.309 e. The third kappa shape index (κ3) is 11.8. The van der Waals surface area contributed by atoms with E-state index in [-0.39, 0.29) is 12.8 Å². The van der Waals surface area contributed by atoms with Crippen molar-refractivity contribution in [2.24, 2.45) is 0 Å². The summed E-state index contributed by atoms with van der Waals surface area (Å²) >= 11 is 0. The molecule has 0 radical (unpaired) electrons. The topological polar surface area (TPSA) is 86.7 Å². The smallest absolute Gasteiger partial charge is 0.309 e. The molecule has 0 heterocycles. The summed E-state index contributed by atoms with van der Waals surface area (Å²) in [7, 11) is 5.60. The summed E-state index contributed by atoms with van der Waals surface area (Å²) < 4.78 is 5.58. The van der Waals surface area contributed by atoms with Crippen molar-refractivity contribution in [3.8, 4) is 0 Å². The van der Waals surface area contributed by atoms with E-state index in [4.69, 9.17) is 4.74 Å². The monoisotopic (exact) mass is 299 g/mol. The third-order valence-corrected chi connectivity index (χ3v) is 2.46. The molecule has 0 aromatic heterocycles. The average Bonchev–Trinajstić information content (AvgIpc) is 2.25. The quantitative estimate of drug-likeness (QED) is 0.356. The molecule has 0 saturated carbocycles. The molecule has 2 atom stereocenters. The summed E-state index contributed by atoms with van der Waals surface area (Å²) in [6.07, 6.45) is 4.32. The second-order valence-electron chi connectivity index (χ2n) is 5.84. The molecule has 0 spiro atoms. The minimum absolute atomic E-state index is 0.214. The number of aliphatic hydroxyl groups excluding tert-OH is 1. The van der Waals surface area contributed by atoms with Crippen LogP contribution in [-0.4, -0.2) is 61.4 Å². The number of quaternary nitrogens is 1. The minimum atomic E-state index is -1.27. The Labute approximate surface area is 125 Å². The molecular weight excluding hydrogens is 274 g/mol. The Morgan fingerprint density at radius 3 is 2.33 bits per heavy atom. The molecule has 2 unspecified atom stereocenters. The molecule has 21 heavy (non-hydrogen) atoms. The van der Waals surface area contributed by atoms with Gasteiger partial charge < -0.3 is 24.2 Å². The minimum Gasteiger partial charge on any atom is -0.550 e. The lowest BCUT2D eigenvalue weighted by Gasteiger charge is -2.29. The molecule has 6 nitrogen and oxygen atoms in total. The zero-order valence-electron chi connectivity index (χ0n) is 13.1. The van der Waals surface area contributed by atoms with Gasteiger partial charge in [0, 0.05) is 12.4 Å². The first kappa shape index (κ1) is 19.3. The van der Waals surface area contributed by atoms with E-state index in [0.717, 1.165) is 0 Å². The van der Waals surface area contributed by atoms with Gasteiger partial charge in [0.25, 0.3) is 0 Å². The van der Waals surface area contributed by atoms with Gasteiger partial charge >= 0.3 is 5.97 Å². The fourth-order valence-corrected chi connectivity index (χ4v) is 1.72. The van der Waals surface area contributed by atoms with Crippen molar-refractivity contribution in [3.63, 3.8) is 0 Å². The summed E-state index contributed by atoms with van der Waals surface area (Å²) in [6.45, 7) is 2.19. The highest BCUT2D eigenvalue weighted by Gasteiger charge is 2.23. The number of esters is 1. The fraction of sp³-hybridized carbons (Fsp3) is 0.600. The molecule has 120 valence electrons. The van der Waals surface area contributed by atoms with Crippen molar-refractivity contribution >= 4 is 11.9 Å². The maximum atomic E-state index is 11.7. The second-order valence-corrected chi connectivity index (χ2v) is 5.84. The van der Waals surface area contributed by atoms with Crippen LogP contribution in [0.25, 0.3) is 0 Å². The molecule has 0 saturated heterocycles. The largest absolute Gasteiger partial charge is 0.550 e. The van der Waals surface area contributed by atoms with E-state index < -0.39 is 24.1 Å². The number of rotatable bonds is 9. The van der Waals surface area contributed by atoms with Gasteiger partial charge in [-0.15, -0.1) is 0 Å². The van der Waals surface area contributed by atoms with Gasteiger partial charge in [-0.3, -0.25) is 4.79 Å². The van der Waals surface area contributed by atoms with Gasteiger partial charge in [0.15, 0.2) is 6.10 Å². The van der Waals surface area contributed by atoms with Crippen molar-refractivity contribution in [3.05, 3.63) is 24.3 Å². The Bertz CT molecular complexity index is 395. The standard InChI is InChI=1S/C15H25NO5/c1-5-6-7-8-12(17)9-15(20)21-13(10-14(18)19)11-16(2,3)4/h5-8,12-13,17H,9-11H2,1-4H3/b6-5+,8-7+. The number of likely N-dealkylation sites (N-methyl/N-ethyl adjacent to an activating group) is 1. The van der Waals surface area contributed by atoms with Gasteiger partial charge in [-0.1, -0.05) is 24.3 Å². The van der Waals surface area contributed by atoms with Crippen LogP contribution in [0.2, 0.25) is 0 Å². The second kappa shape index (κ2) is 9.31. The van der Waals surface area contributed by atoms with Gasteiger partial charge in [0.05, 0.1) is 33.7 Å². The first-order chi connectivity index (χ1) is 9.64. The van der Waals surface area contributed by atoms with Crippen LogP contribution in [0.15, 0.2) is 24.3 Å². The first-order valence-electron chi connectivity index (χ1n) is 6.81. The first-order valence-corrected chi connectivity index (χ1v) is 6.81. The Morgan fingerprint density at radius 2 is 1.86 bits per heavy atom. The lowest BCUT2D eigenvalue weighted by molar-refractivity contribution is -0.873. The number of hydrogen-bond donors (Lipinski definition) is 1. The van der Waals surface area contributed by atoms with Gasteiger partial charge in [-0.25, -0.2) is 0 Å². The number of aliphatic carboxylic acids is 1. The number of ether oxygens (including phenoxy) is 1. The van der Waals surface area contributed by atoms with E-state index in [2.05, 4.69) is 0 Å². The van der Waals surface area contributed by atoms with Gasteiger partial charge in [-0.05, 0) is 6.92 Å². The number of carbonyl (C=O) groups is 2. The number of carboxylic acids is 1. The molecule has 0 aromatic carbocycles. The van der Waals surface area contributed by atoms with Crippen LogP contribution in [0.5, 0.6) is 0 Å². The molecule has 1 N–H and O–H groups in total. The van der Waals surface area contributed by atoms with Crippen LogP contribution in [0.3, 0.4) is 0 Å². The zero-order valence-corrected chi connectivity index (χ0v) is 13.1. The summed E-state index contributed by atoms with van der Waals surface area (Å²) in [5, 5.41) is 20.3. The Kier molecular flexibility index (Phi) is 8.57. The highest BCUT2D eigenvalue weighted by Crippen LogP contribution is 2.07. The van der Waals surface area contributed by atoms with Gasteiger partial charge in [0.1, 0.15) is 6.54 Å². The maximum absolute atomic E-state index is 11.7. The molecule has 0 aromatic rings. The van der Waals surface area contributed by atoms with Crippen molar-refractivity contribution in [1.29, 1.82) is 0 Å². The third-order valence-electron chi connectivity index (χ3n) is 2.46. The Morgan fingerprint density at radius 1 is 1.24 bits per heavy atom. The predicted octanol–water partition coefficient (Wildman–Crippen LogP) is -0.372. The summed E-state index contributed by atoms with van der Waals surface area (Å²) in [5.74, 6) is -1.90. The average molecular weight is 299 g/mol. The fourth-order valence-electron chi connectivity index (χ4n) is 1.72. The molecule has 0 aliphatic carbocycles. The molecule has 0 bridgehead atoms. The number of nitrogens with zero attached hydrogens (tertiary/aromatic N) is 1. The van der Waals surface area contributed by atoms with E-state index in [9.17, 15) is 19.8 Å². The highest BCUT2D eigenvalue weighted by molar-refractivity contribution is 5.71. The predicted molar refractivity (Wildman–Crippen MR) is 77.0 cm³/mol. The molecular formula is C15H25NO5. The van der Waals surface area contributed by atoms with Gasteiger partial charge in [0.2, 0.25) is 0 Å². The Balaban J connectivity index is 4.48. The molecule has 0 aliphatic heterocycles. The van der Waals surface area contributed by atoms with Crippen LogP contribution in [0, 0.1) is 0 Å². The van der Waals surface area contributed by atoms with Crippen molar-refractivity contribution < 1.29 is 29.0 Å². The molecule has 0 rings (SSSR count). The number of allylic oxidation sites excluding steroid dienone is 3. The van der Waals surface area contributed by atoms with Crippen molar-refractivity contribution in [1.82, 2.24) is 0 Å². The van der Waals surface area contributed by atoms with Crippen molar-refractivity contribution in [2.75, 3.05) is 27.7 Å². The number of aliphatic hydroxyl groups is 1. The zero-order chi connectivity index (χ0) is 16.5. The molecule has 0 fully saturated rings. The summed E-state index contributed by atoms with van der Waals surface area (Å²) in [6, 6.07) is 0. The number of carbonyl (C=O) groups excluding carboxylic acids is 2. The Hall–Kier alpha value is -1.66. The molecule has 0 aliphatic rings. The highest BCUT2D eigenvalue weighted by atomic mass is 16.5. The van der Waals surface area contributed by atoms with Crippen LogP contribution < -0.4 is 5.11 Å². The summed E-state index contributed by atoms with van der Waals surface area (Å²) in [4.78, 5) is 22.4. The van der Waals surface area contributed by atoms with Crippen LogP contribution >= 0.6 is 0 Å². The van der Waals surface area contributed by atoms with E-state index in [1.807, 2.05) is 28.1 Å². The number of hydrogen-bond acceptors (Lipinski definition) is 5. The van der Waals surface area contributed by atoms with Crippen LogP contribution in [0.4, 0.5) is 0 Å². The lowest BCUT2D eigenvalue weighted by atomic mass is 10.2. The van der Waals surface area contributed by atoms with E-state index in [1.54, 1.807) is 18.2 Å². The van der Waals surface area contributed by atoms with Gasteiger partial charge in [-0.2, -0.15) is 0 Å². The van der Waals surface area contributed by atoms with Crippen LogP contribution in [0.1, 0.15) is 19.8 Å². The number of carboxylic acid groups (broad SMARTS) is 1. The van der Waals surface area contributed by atoms with E-state index in [0.29, 0.717) is 11.0 Å². The van der Waals surface area contributed by atoms with Crippen molar-refractivity contribution in [2.45, 2.75) is 32.0 Å². The SMILES string of the molecule is C/C=C/C=C/C(O)CC(=O)OC(CC(=O)[O-])C[N+](C)(C)C. The molecule has 0 amide bonds. The van der Waals surface area contributed by atoms with E-state index in [1.165, 1.54) is 6.08 Å². The summed E-state index contributed by atoms with van der Waals surface area (Å²) in [5.41, 5.74) is 0.